The van der Waals surface area contributed by atoms with Crippen molar-refractivity contribution >= 4 is 29.9 Å². The van der Waals surface area contributed by atoms with Gasteiger partial charge in [-0.3, -0.25) is 4.99 Å². The van der Waals surface area contributed by atoms with Gasteiger partial charge in [-0.2, -0.15) is 0 Å². The number of guanidine groups is 1. The third-order valence-electron chi connectivity index (χ3n) is 2.63. The highest BCUT2D eigenvalue weighted by atomic mass is 127. The van der Waals surface area contributed by atoms with E-state index in [1.807, 2.05) is 39.3 Å². The molecular formula is C14H25IN4O. The number of nitrogens with zero attached hydrogens (tertiary/aromatic N) is 2. The number of benzene rings is 1. The van der Waals surface area contributed by atoms with E-state index in [-0.39, 0.29) is 24.0 Å². The first-order valence-corrected chi connectivity index (χ1v) is 6.40. The van der Waals surface area contributed by atoms with Crippen LogP contribution in [0.3, 0.4) is 0 Å². The summed E-state index contributed by atoms with van der Waals surface area (Å²) in [6.45, 7) is 2.33. The Labute approximate surface area is 138 Å². The molecule has 0 aromatic heterocycles. The van der Waals surface area contributed by atoms with Crippen molar-refractivity contribution in [3.05, 3.63) is 29.8 Å². The van der Waals surface area contributed by atoms with Gasteiger partial charge in [-0.05, 0) is 31.8 Å². The van der Waals surface area contributed by atoms with Gasteiger partial charge in [0.25, 0.3) is 0 Å². The summed E-state index contributed by atoms with van der Waals surface area (Å²) in [5.74, 6) is 1.68. The molecule has 20 heavy (non-hydrogen) atoms. The highest BCUT2D eigenvalue weighted by molar-refractivity contribution is 14.0. The quantitative estimate of drug-likeness (QED) is 0.438. The zero-order valence-corrected chi connectivity index (χ0v) is 15.0. The summed E-state index contributed by atoms with van der Waals surface area (Å²) >= 11 is 0. The lowest BCUT2D eigenvalue weighted by atomic mass is 10.2. The molecule has 0 aliphatic rings. The van der Waals surface area contributed by atoms with E-state index in [1.165, 1.54) is 5.56 Å². The molecule has 5 nitrogen and oxygen atoms in total. The number of ether oxygens (including phenoxy) is 1. The topological polar surface area (TPSA) is 48.9 Å². The minimum Gasteiger partial charge on any atom is -0.492 e. The molecule has 2 N–H and O–H groups in total. The van der Waals surface area contributed by atoms with Gasteiger partial charge in [-0.15, -0.1) is 24.0 Å². The first kappa shape index (κ1) is 19.0. The van der Waals surface area contributed by atoms with Crippen LogP contribution in [0.2, 0.25) is 0 Å². The maximum absolute atomic E-state index is 5.70. The summed E-state index contributed by atoms with van der Waals surface area (Å²) in [7, 11) is 7.66. The lowest BCUT2D eigenvalue weighted by molar-refractivity contribution is 0.261. The standard InChI is InChI=1S/C14H24N4O.HI/c1-15-14(16-2)17-11-12-6-5-7-13(10-12)19-9-8-18(3)4;/h5-7,10H,8-9,11H2,1-4H3,(H2,15,16,17);1H. The van der Waals surface area contributed by atoms with E-state index in [0.717, 1.165) is 24.8 Å². The normalized spacial score (nSPS) is 10.9. The molecule has 114 valence electrons. The van der Waals surface area contributed by atoms with Crippen LogP contribution in [0.4, 0.5) is 0 Å². The predicted octanol–water partition coefficient (Wildman–Crippen LogP) is 1.54. The van der Waals surface area contributed by atoms with E-state index in [1.54, 1.807) is 7.05 Å². The average Bonchev–Trinajstić information content (AvgIpc) is 2.40. The lowest BCUT2D eigenvalue weighted by Gasteiger charge is -2.12. The first-order chi connectivity index (χ1) is 9.15. The SMILES string of the molecule is CN=C(NC)NCc1cccc(OCCN(C)C)c1.I. The first-order valence-electron chi connectivity index (χ1n) is 6.40. The van der Waals surface area contributed by atoms with Crippen molar-refractivity contribution in [2.75, 3.05) is 41.3 Å². The predicted molar refractivity (Wildman–Crippen MR) is 95.2 cm³/mol. The summed E-state index contributed by atoms with van der Waals surface area (Å²) in [4.78, 5) is 6.17. The largest absolute Gasteiger partial charge is 0.492 e. The molecule has 0 amide bonds. The Balaban J connectivity index is 0.00000361. The van der Waals surface area contributed by atoms with Crippen molar-refractivity contribution in [1.82, 2.24) is 15.5 Å². The van der Waals surface area contributed by atoms with Crippen molar-refractivity contribution in [3.63, 3.8) is 0 Å². The molecular weight excluding hydrogens is 367 g/mol. The molecule has 1 rings (SSSR count). The van der Waals surface area contributed by atoms with Gasteiger partial charge in [0, 0.05) is 27.2 Å². The van der Waals surface area contributed by atoms with E-state index in [4.69, 9.17) is 4.74 Å². The second-order valence-corrected chi connectivity index (χ2v) is 4.47. The van der Waals surface area contributed by atoms with Crippen LogP contribution in [-0.4, -0.2) is 52.2 Å². The van der Waals surface area contributed by atoms with E-state index in [0.29, 0.717) is 6.61 Å². The molecule has 0 atom stereocenters. The van der Waals surface area contributed by atoms with Crippen LogP contribution in [0, 0.1) is 0 Å². The average molecular weight is 392 g/mol. The van der Waals surface area contributed by atoms with Gasteiger partial charge in [0.2, 0.25) is 0 Å². The second-order valence-electron chi connectivity index (χ2n) is 4.47. The summed E-state index contributed by atoms with van der Waals surface area (Å²) < 4.78 is 5.70. The van der Waals surface area contributed by atoms with Gasteiger partial charge >= 0.3 is 0 Å². The Morgan fingerprint density at radius 2 is 2.10 bits per heavy atom. The summed E-state index contributed by atoms with van der Waals surface area (Å²) in [6.07, 6.45) is 0. The Hall–Kier alpha value is -1.02. The summed E-state index contributed by atoms with van der Waals surface area (Å²) in [6, 6.07) is 8.09. The molecule has 0 fully saturated rings. The van der Waals surface area contributed by atoms with E-state index < -0.39 is 0 Å². The molecule has 0 aliphatic carbocycles. The molecule has 0 spiro atoms. The van der Waals surface area contributed by atoms with Gasteiger partial charge in [0.05, 0.1) is 0 Å². The smallest absolute Gasteiger partial charge is 0.190 e. The number of hydrogen-bond acceptors (Lipinski definition) is 3. The molecule has 0 saturated heterocycles. The highest BCUT2D eigenvalue weighted by Crippen LogP contribution is 2.13. The van der Waals surface area contributed by atoms with Crippen LogP contribution >= 0.6 is 24.0 Å². The number of hydrogen-bond donors (Lipinski definition) is 2. The van der Waals surface area contributed by atoms with E-state index >= 15 is 0 Å². The van der Waals surface area contributed by atoms with Crippen molar-refractivity contribution < 1.29 is 4.74 Å². The molecule has 0 unspecified atom stereocenters. The van der Waals surface area contributed by atoms with Crippen LogP contribution in [0.15, 0.2) is 29.3 Å². The minimum atomic E-state index is 0. The molecule has 0 aliphatic heterocycles. The lowest BCUT2D eigenvalue weighted by Crippen LogP contribution is -2.34. The Morgan fingerprint density at radius 1 is 1.35 bits per heavy atom. The third kappa shape index (κ3) is 7.54. The number of aliphatic imine (C=N–C) groups is 1. The molecule has 1 aromatic rings. The van der Waals surface area contributed by atoms with Crippen molar-refractivity contribution in [3.8, 4) is 5.75 Å². The third-order valence-corrected chi connectivity index (χ3v) is 2.63. The summed E-state index contributed by atoms with van der Waals surface area (Å²) in [5, 5.41) is 6.20. The monoisotopic (exact) mass is 392 g/mol. The van der Waals surface area contributed by atoms with Gasteiger partial charge in [-0.25, -0.2) is 0 Å². The van der Waals surface area contributed by atoms with Crippen LogP contribution in [0.25, 0.3) is 0 Å². The Morgan fingerprint density at radius 3 is 2.70 bits per heavy atom. The maximum Gasteiger partial charge on any atom is 0.190 e. The Bertz CT molecular complexity index is 410. The van der Waals surface area contributed by atoms with Crippen LogP contribution < -0.4 is 15.4 Å². The fourth-order valence-electron chi connectivity index (χ4n) is 1.56. The molecule has 0 bridgehead atoms. The van der Waals surface area contributed by atoms with Crippen LogP contribution in [0.1, 0.15) is 5.56 Å². The highest BCUT2D eigenvalue weighted by Gasteiger charge is 1.99. The van der Waals surface area contributed by atoms with E-state index in [9.17, 15) is 0 Å². The van der Waals surface area contributed by atoms with Gasteiger partial charge < -0.3 is 20.3 Å². The fourth-order valence-corrected chi connectivity index (χ4v) is 1.56. The second kappa shape index (κ2) is 10.7. The van der Waals surface area contributed by atoms with Crippen LogP contribution in [-0.2, 0) is 6.54 Å². The van der Waals surface area contributed by atoms with Gasteiger partial charge in [0.15, 0.2) is 5.96 Å². The van der Waals surface area contributed by atoms with E-state index in [2.05, 4.69) is 26.6 Å². The Kier molecular flexibility index (Phi) is 10.2. The van der Waals surface area contributed by atoms with Crippen molar-refractivity contribution in [2.24, 2.45) is 4.99 Å². The molecule has 1 aromatic carbocycles. The molecule has 6 heteroatoms. The van der Waals surface area contributed by atoms with Crippen LogP contribution in [0.5, 0.6) is 5.75 Å². The van der Waals surface area contributed by atoms with Crippen molar-refractivity contribution in [2.45, 2.75) is 6.54 Å². The zero-order valence-electron chi connectivity index (χ0n) is 12.6. The molecule has 0 heterocycles. The maximum atomic E-state index is 5.70. The zero-order chi connectivity index (χ0) is 14.1. The fraction of sp³-hybridized carbons (Fsp3) is 0.500. The minimum absolute atomic E-state index is 0. The van der Waals surface area contributed by atoms with Crippen molar-refractivity contribution in [1.29, 1.82) is 0 Å². The number of likely N-dealkylation sites (N-methyl/N-ethyl adjacent to an activating group) is 1. The number of rotatable bonds is 6. The summed E-state index contributed by atoms with van der Waals surface area (Å²) in [5.41, 5.74) is 1.17. The molecule has 0 radical (unpaired) electrons. The van der Waals surface area contributed by atoms with Gasteiger partial charge in [0.1, 0.15) is 12.4 Å². The number of halogens is 1. The molecule has 0 saturated carbocycles. The van der Waals surface area contributed by atoms with Gasteiger partial charge in [-0.1, -0.05) is 12.1 Å². The number of nitrogens with one attached hydrogen (secondary N) is 2.